The number of hydrogen-bond acceptors (Lipinski definition) is 6. The molecule has 0 aliphatic rings. The van der Waals surface area contributed by atoms with E-state index in [0.717, 1.165) is 12.5 Å². The molecule has 0 spiro atoms. The quantitative estimate of drug-likeness (QED) is 0.300. The minimum atomic E-state index is -2.63. The summed E-state index contributed by atoms with van der Waals surface area (Å²) in [5.41, 5.74) is 0.176. The summed E-state index contributed by atoms with van der Waals surface area (Å²) in [5.74, 6) is -1.46. The number of rotatable bonds is 9. The van der Waals surface area contributed by atoms with Gasteiger partial charge in [-0.3, -0.25) is 0 Å². The van der Waals surface area contributed by atoms with Gasteiger partial charge in [0.2, 0.25) is 0 Å². The van der Waals surface area contributed by atoms with Crippen LogP contribution in [0, 0.1) is 0 Å². The van der Waals surface area contributed by atoms with Crippen LogP contribution in [0.25, 0.3) is 0 Å². The van der Waals surface area contributed by atoms with E-state index in [1.807, 2.05) is 6.92 Å². The molecular weight excluding hydrogens is 296 g/mol. The minimum absolute atomic E-state index is 0.168. The summed E-state index contributed by atoms with van der Waals surface area (Å²) in [7, 11) is 0.422. The van der Waals surface area contributed by atoms with E-state index in [2.05, 4.69) is 13.2 Å². The Morgan fingerprint density at radius 2 is 1.76 bits per heavy atom. The topological polar surface area (TPSA) is 91.3 Å². The van der Waals surface area contributed by atoms with E-state index in [1.165, 1.54) is 21.1 Å². The molecule has 0 fully saturated rings. The van der Waals surface area contributed by atoms with Gasteiger partial charge in [-0.05, 0) is 6.92 Å². The summed E-state index contributed by atoms with van der Waals surface area (Å²) < 4.78 is 20.5. The van der Waals surface area contributed by atoms with E-state index in [-0.39, 0.29) is 12.4 Å². The summed E-state index contributed by atoms with van der Waals surface area (Å²) >= 11 is 0. The third-order valence-corrected chi connectivity index (χ3v) is 5.10. The van der Waals surface area contributed by atoms with E-state index in [1.54, 1.807) is 0 Å². The molecule has 0 amide bonds. The number of ether oxygens (including phenoxy) is 1. The summed E-state index contributed by atoms with van der Waals surface area (Å²) in [4.78, 5) is 20.3. The summed E-state index contributed by atoms with van der Waals surface area (Å²) in [5, 5.41) is 7.89. The Balaban J connectivity index is 0. The maximum Gasteiger partial charge on any atom is 0.502 e. The van der Waals surface area contributed by atoms with E-state index in [0.29, 0.717) is 6.04 Å². The molecule has 0 rings (SSSR count). The Labute approximate surface area is 126 Å². The molecular formula is C13H24O7Si. The van der Waals surface area contributed by atoms with Gasteiger partial charge in [-0.2, -0.15) is 0 Å². The summed E-state index contributed by atoms with van der Waals surface area (Å²) in [6.07, 6.45) is 1.95. The number of aliphatic carboxylic acids is 1. The first kappa shape index (κ1) is 21.8. The van der Waals surface area contributed by atoms with Crippen molar-refractivity contribution in [2.24, 2.45) is 0 Å². The van der Waals surface area contributed by atoms with Crippen molar-refractivity contribution in [3.8, 4) is 0 Å². The van der Waals surface area contributed by atoms with Crippen LogP contribution in [0.3, 0.4) is 0 Å². The van der Waals surface area contributed by atoms with Crippen LogP contribution in [0.1, 0.15) is 20.3 Å². The smallest absolute Gasteiger partial charge is 0.478 e. The molecule has 0 aliphatic carbocycles. The maximum atomic E-state index is 10.7. The average molecular weight is 320 g/mol. The molecule has 8 heteroatoms. The van der Waals surface area contributed by atoms with Gasteiger partial charge in [-0.25, -0.2) is 9.59 Å². The molecule has 0 saturated heterocycles. The fourth-order valence-electron chi connectivity index (χ4n) is 1.02. The van der Waals surface area contributed by atoms with Gasteiger partial charge >= 0.3 is 20.7 Å². The zero-order valence-electron chi connectivity index (χ0n) is 13.0. The van der Waals surface area contributed by atoms with Crippen LogP contribution in [0.5, 0.6) is 0 Å². The third-order valence-electron chi connectivity index (χ3n) is 2.19. The van der Waals surface area contributed by atoms with Gasteiger partial charge in [-0.15, -0.1) is 0 Å². The van der Waals surface area contributed by atoms with E-state index in [4.69, 9.17) is 23.1 Å². The molecule has 0 atom stereocenters. The Morgan fingerprint density at radius 1 is 1.29 bits per heavy atom. The van der Waals surface area contributed by atoms with E-state index >= 15 is 0 Å². The summed E-state index contributed by atoms with van der Waals surface area (Å²) in [6.45, 7) is 9.70. The van der Waals surface area contributed by atoms with Crippen LogP contribution >= 0.6 is 0 Å². The summed E-state index contributed by atoms with van der Waals surface area (Å²) in [6, 6.07) is 0.686. The van der Waals surface area contributed by atoms with E-state index in [9.17, 15) is 9.59 Å². The first-order chi connectivity index (χ1) is 9.78. The van der Waals surface area contributed by atoms with Gasteiger partial charge in [0.1, 0.15) is 0 Å². The lowest BCUT2D eigenvalue weighted by molar-refractivity contribution is -0.146. The molecule has 122 valence electrons. The number of hydrogen-bond donors (Lipinski definition) is 1. The van der Waals surface area contributed by atoms with Crippen molar-refractivity contribution in [2.45, 2.75) is 26.3 Å². The van der Waals surface area contributed by atoms with Crippen molar-refractivity contribution in [1.82, 2.24) is 0 Å². The van der Waals surface area contributed by atoms with Crippen LogP contribution < -0.4 is 0 Å². The van der Waals surface area contributed by atoms with Gasteiger partial charge in [-0.1, -0.05) is 26.5 Å². The monoisotopic (exact) mass is 320 g/mol. The van der Waals surface area contributed by atoms with Crippen LogP contribution in [-0.2, 0) is 27.6 Å². The van der Waals surface area contributed by atoms with Crippen LogP contribution in [0.2, 0.25) is 6.04 Å². The fraction of sp³-hybridized carbons (Fsp3) is 0.538. The lowest BCUT2D eigenvalue weighted by atomic mass is 10.4. The molecule has 0 aromatic rings. The third kappa shape index (κ3) is 10.9. The van der Waals surface area contributed by atoms with Crippen LogP contribution in [0.4, 0.5) is 0 Å². The Morgan fingerprint density at radius 3 is 2.05 bits per heavy atom. The molecule has 0 radical (unpaired) electrons. The largest absolute Gasteiger partial charge is 0.502 e. The predicted molar refractivity (Wildman–Crippen MR) is 79.6 cm³/mol. The predicted octanol–water partition coefficient (Wildman–Crippen LogP) is 1.98. The fourth-order valence-corrected chi connectivity index (χ4v) is 2.83. The first-order valence-corrected chi connectivity index (χ1v) is 8.14. The van der Waals surface area contributed by atoms with Crippen LogP contribution in [-0.4, -0.2) is 46.9 Å². The van der Waals surface area contributed by atoms with Gasteiger partial charge in [0.25, 0.3) is 0 Å². The molecule has 0 aromatic heterocycles. The molecule has 0 bridgehead atoms. The standard InChI is InChI=1S/C9H18O5Si.C4H6O2/c1-5-7-15(11-3,12-4)14-8-13-9(10)6-2;1-3(2)4(5)6/h6H,2,5,7-8H2,1,3-4H3;1H2,2H3,(H,5,6). The highest BCUT2D eigenvalue weighted by atomic mass is 28.4. The average Bonchev–Trinajstić information content (AvgIpc) is 2.46. The van der Waals surface area contributed by atoms with Gasteiger partial charge in [0, 0.05) is 31.9 Å². The van der Waals surface area contributed by atoms with Crippen molar-refractivity contribution in [2.75, 3.05) is 21.0 Å². The minimum Gasteiger partial charge on any atom is -0.478 e. The highest BCUT2D eigenvalue weighted by Crippen LogP contribution is 2.15. The normalized spacial score (nSPS) is 10.1. The molecule has 7 nitrogen and oxygen atoms in total. The molecule has 0 unspecified atom stereocenters. The van der Waals surface area contributed by atoms with Crippen LogP contribution in [0.15, 0.2) is 24.8 Å². The molecule has 0 saturated carbocycles. The highest BCUT2D eigenvalue weighted by molar-refractivity contribution is 6.60. The molecule has 0 aliphatic heterocycles. The number of carboxylic acids is 1. The zero-order valence-corrected chi connectivity index (χ0v) is 14.0. The number of carbonyl (C=O) groups is 2. The number of carbonyl (C=O) groups excluding carboxylic acids is 1. The lowest BCUT2D eigenvalue weighted by Crippen LogP contribution is -2.44. The number of carboxylic acid groups (broad SMARTS) is 1. The first-order valence-electron chi connectivity index (χ1n) is 6.20. The van der Waals surface area contributed by atoms with Crippen molar-refractivity contribution in [3.63, 3.8) is 0 Å². The zero-order chi connectivity index (χ0) is 16.9. The van der Waals surface area contributed by atoms with Crippen molar-refractivity contribution < 1.29 is 32.7 Å². The number of esters is 1. The van der Waals surface area contributed by atoms with Gasteiger partial charge < -0.3 is 23.1 Å². The molecule has 1 N–H and O–H groups in total. The second-order valence-corrected chi connectivity index (χ2v) is 6.83. The van der Waals surface area contributed by atoms with Gasteiger partial charge in [0.05, 0.1) is 0 Å². The molecule has 0 aromatic carbocycles. The van der Waals surface area contributed by atoms with Crippen molar-refractivity contribution in [1.29, 1.82) is 0 Å². The second-order valence-electron chi connectivity index (χ2n) is 3.86. The SMILES string of the molecule is C=C(C)C(=O)O.C=CC(=O)OCO[Si](CCC)(OC)OC. The highest BCUT2D eigenvalue weighted by Gasteiger charge is 2.38. The Bertz CT molecular complexity index is 338. The second kappa shape index (κ2) is 12.3. The Hall–Kier alpha value is -1.48. The molecule has 0 heterocycles. The van der Waals surface area contributed by atoms with Crippen molar-refractivity contribution in [3.05, 3.63) is 24.8 Å². The Kier molecular flexibility index (Phi) is 12.7. The van der Waals surface area contributed by atoms with Crippen molar-refractivity contribution >= 4 is 20.7 Å². The molecule has 21 heavy (non-hydrogen) atoms. The van der Waals surface area contributed by atoms with Gasteiger partial charge in [0.15, 0.2) is 6.79 Å². The van der Waals surface area contributed by atoms with E-state index < -0.39 is 20.7 Å². The maximum absolute atomic E-state index is 10.7. The lowest BCUT2D eigenvalue weighted by Gasteiger charge is -2.25.